The molecule has 34 heavy (non-hydrogen) atoms. The van der Waals surface area contributed by atoms with Crippen LogP contribution in [0.4, 0.5) is 4.39 Å². The monoisotopic (exact) mass is 479 g/mol. The van der Waals surface area contributed by atoms with Crippen LogP contribution in [-0.4, -0.2) is 29.1 Å². The van der Waals surface area contributed by atoms with E-state index in [1.54, 1.807) is 41.0 Å². The van der Waals surface area contributed by atoms with Gasteiger partial charge in [0.1, 0.15) is 11.5 Å². The van der Waals surface area contributed by atoms with Gasteiger partial charge >= 0.3 is 0 Å². The van der Waals surface area contributed by atoms with Crippen molar-refractivity contribution in [3.8, 4) is 11.1 Å². The number of carbonyl (C=O) groups excluding carboxylic acids is 1. The maximum Gasteiger partial charge on any atom is 0.282 e. The SMILES string of the molecule is Cc1ccc2c(c1)c(-c1ccc[nH]c1=O)c(C(=O)NS(=O)(=O)C1CC1)n2Cc1ccccc1F. The molecule has 0 radical (unpaired) electrons. The number of sulfonamides is 1. The van der Waals surface area contributed by atoms with E-state index in [0.29, 0.717) is 34.9 Å². The fraction of sp³-hybridized carbons (Fsp3) is 0.200. The molecule has 0 spiro atoms. The topological polar surface area (TPSA) is 101 Å². The van der Waals surface area contributed by atoms with Crippen LogP contribution in [-0.2, 0) is 16.6 Å². The number of rotatable bonds is 6. The Morgan fingerprint density at radius 3 is 2.62 bits per heavy atom. The lowest BCUT2D eigenvalue weighted by atomic mass is 10.0. The van der Waals surface area contributed by atoms with Crippen LogP contribution in [0.3, 0.4) is 0 Å². The highest BCUT2D eigenvalue weighted by molar-refractivity contribution is 7.91. The molecule has 2 heterocycles. The number of hydrogen-bond acceptors (Lipinski definition) is 4. The molecule has 0 aliphatic heterocycles. The van der Waals surface area contributed by atoms with Gasteiger partial charge in [-0.3, -0.25) is 9.59 Å². The number of hydrogen-bond donors (Lipinski definition) is 2. The summed E-state index contributed by atoms with van der Waals surface area (Å²) in [5.41, 5.74) is 1.90. The van der Waals surface area contributed by atoms with Crippen LogP contribution >= 0.6 is 0 Å². The molecule has 2 N–H and O–H groups in total. The summed E-state index contributed by atoms with van der Waals surface area (Å²) in [7, 11) is -3.86. The van der Waals surface area contributed by atoms with Crippen molar-refractivity contribution in [2.75, 3.05) is 0 Å². The maximum absolute atomic E-state index is 14.6. The summed E-state index contributed by atoms with van der Waals surface area (Å²) in [5.74, 6) is -1.30. The largest absolute Gasteiger partial charge is 0.331 e. The number of aromatic nitrogens is 2. The van der Waals surface area contributed by atoms with E-state index < -0.39 is 32.6 Å². The van der Waals surface area contributed by atoms with Gasteiger partial charge in [0, 0.05) is 33.8 Å². The van der Waals surface area contributed by atoms with E-state index in [1.165, 1.54) is 12.3 Å². The van der Waals surface area contributed by atoms with Crippen molar-refractivity contribution >= 4 is 26.8 Å². The molecule has 0 saturated heterocycles. The highest BCUT2D eigenvalue weighted by atomic mass is 32.2. The minimum atomic E-state index is -3.86. The Morgan fingerprint density at radius 1 is 1.15 bits per heavy atom. The third kappa shape index (κ3) is 3.92. The maximum atomic E-state index is 14.6. The van der Waals surface area contributed by atoms with Crippen molar-refractivity contribution < 1.29 is 17.6 Å². The molecule has 2 aromatic carbocycles. The molecule has 9 heteroatoms. The second-order valence-electron chi connectivity index (χ2n) is 8.51. The van der Waals surface area contributed by atoms with Crippen molar-refractivity contribution in [1.29, 1.82) is 0 Å². The van der Waals surface area contributed by atoms with Gasteiger partial charge in [0.2, 0.25) is 10.0 Å². The van der Waals surface area contributed by atoms with Gasteiger partial charge in [-0.2, -0.15) is 0 Å². The van der Waals surface area contributed by atoms with Gasteiger partial charge in [-0.1, -0.05) is 29.8 Å². The molecule has 2 aromatic heterocycles. The number of nitrogens with zero attached hydrogens (tertiary/aromatic N) is 1. The van der Waals surface area contributed by atoms with Crippen LogP contribution in [0.2, 0.25) is 0 Å². The number of amides is 1. The van der Waals surface area contributed by atoms with Crippen molar-refractivity contribution in [3.05, 3.63) is 93.8 Å². The number of halogens is 1. The number of pyridine rings is 1. The first-order valence-corrected chi connectivity index (χ1v) is 12.4. The van der Waals surface area contributed by atoms with E-state index in [-0.39, 0.29) is 17.8 Å². The van der Waals surface area contributed by atoms with Gasteiger partial charge < -0.3 is 9.55 Å². The summed E-state index contributed by atoms with van der Waals surface area (Å²) in [6, 6.07) is 14.9. The Morgan fingerprint density at radius 2 is 1.91 bits per heavy atom. The number of fused-ring (bicyclic) bond motifs is 1. The summed E-state index contributed by atoms with van der Waals surface area (Å²) in [6.07, 6.45) is 2.46. The summed E-state index contributed by atoms with van der Waals surface area (Å²) in [4.78, 5) is 28.9. The summed E-state index contributed by atoms with van der Waals surface area (Å²) in [6.45, 7) is 1.85. The fourth-order valence-electron chi connectivity index (χ4n) is 4.20. The van der Waals surface area contributed by atoms with Gasteiger partial charge in [-0.05, 0) is 50.1 Å². The van der Waals surface area contributed by atoms with E-state index in [9.17, 15) is 22.4 Å². The lowest BCUT2D eigenvalue weighted by Crippen LogP contribution is -2.35. The van der Waals surface area contributed by atoms with E-state index in [4.69, 9.17) is 0 Å². The molecule has 4 aromatic rings. The Labute approximate surface area is 195 Å². The summed E-state index contributed by atoms with van der Waals surface area (Å²) < 4.78 is 43.6. The minimum Gasteiger partial charge on any atom is -0.331 e. The second kappa shape index (κ2) is 8.25. The third-order valence-electron chi connectivity index (χ3n) is 6.01. The molecular weight excluding hydrogens is 457 g/mol. The first-order chi connectivity index (χ1) is 16.3. The number of benzene rings is 2. The van der Waals surface area contributed by atoms with Crippen LogP contribution in [0.25, 0.3) is 22.0 Å². The van der Waals surface area contributed by atoms with Crippen LogP contribution in [0.5, 0.6) is 0 Å². The normalized spacial score (nSPS) is 13.8. The van der Waals surface area contributed by atoms with Gasteiger partial charge in [0.15, 0.2) is 0 Å². The lowest BCUT2D eigenvalue weighted by Gasteiger charge is -2.13. The Balaban J connectivity index is 1.81. The third-order valence-corrected chi connectivity index (χ3v) is 7.82. The summed E-state index contributed by atoms with van der Waals surface area (Å²) in [5, 5.41) is -0.00585. The lowest BCUT2D eigenvalue weighted by molar-refractivity contribution is 0.0974. The molecule has 1 fully saturated rings. The van der Waals surface area contributed by atoms with E-state index in [1.807, 2.05) is 19.1 Å². The molecule has 0 bridgehead atoms. The highest BCUT2D eigenvalue weighted by Gasteiger charge is 2.38. The van der Waals surface area contributed by atoms with Crippen molar-refractivity contribution in [2.24, 2.45) is 0 Å². The zero-order valence-corrected chi connectivity index (χ0v) is 19.2. The number of H-pyrrole nitrogens is 1. The molecule has 1 amide bonds. The number of nitrogens with one attached hydrogen (secondary N) is 2. The van der Waals surface area contributed by atoms with E-state index >= 15 is 0 Å². The molecule has 0 atom stereocenters. The number of aryl methyl sites for hydroxylation is 1. The highest BCUT2D eigenvalue weighted by Crippen LogP contribution is 2.36. The second-order valence-corrected chi connectivity index (χ2v) is 10.5. The fourth-order valence-corrected chi connectivity index (χ4v) is 5.47. The van der Waals surface area contributed by atoms with Crippen molar-refractivity contribution in [2.45, 2.75) is 31.6 Å². The standard InChI is InChI=1S/C25H22FN3O4S/c1-15-8-11-21-19(13-15)22(18-6-4-12-27-24(18)30)23(25(31)28-34(32,33)17-9-10-17)29(21)14-16-5-2-3-7-20(16)26/h2-8,11-13,17H,9-10,14H2,1H3,(H,27,30)(H,28,31). The molecule has 174 valence electrons. The smallest absolute Gasteiger partial charge is 0.282 e. The Hall–Kier alpha value is -3.72. The van der Waals surface area contributed by atoms with Crippen molar-refractivity contribution in [1.82, 2.24) is 14.3 Å². The molecule has 0 unspecified atom stereocenters. The molecular formula is C25H22FN3O4S. The zero-order chi connectivity index (χ0) is 24.0. The van der Waals surface area contributed by atoms with E-state index in [2.05, 4.69) is 9.71 Å². The van der Waals surface area contributed by atoms with Crippen molar-refractivity contribution in [3.63, 3.8) is 0 Å². The van der Waals surface area contributed by atoms with Gasteiger partial charge in [-0.25, -0.2) is 17.5 Å². The summed E-state index contributed by atoms with van der Waals surface area (Å²) >= 11 is 0. The number of aromatic amines is 1. The Bertz CT molecular complexity index is 1600. The number of carbonyl (C=O) groups is 1. The molecule has 1 aliphatic rings. The van der Waals surface area contributed by atoms with E-state index in [0.717, 1.165) is 5.56 Å². The molecule has 1 aliphatic carbocycles. The first-order valence-electron chi connectivity index (χ1n) is 10.9. The quantitative estimate of drug-likeness (QED) is 0.440. The van der Waals surface area contributed by atoms with Crippen LogP contribution < -0.4 is 10.3 Å². The molecule has 1 saturated carbocycles. The average molecular weight is 480 g/mol. The predicted molar refractivity (Wildman–Crippen MR) is 128 cm³/mol. The van der Waals surface area contributed by atoms with Gasteiger partial charge in [-0.15, -0.1) is 0 Å². The minimum absolute atomic E-state index is 0.00946. The molecule has 5 rings (SSSR count). The first kappa shape index (κ1) is 22.1. The van der Waals surface area contributed by atoms with Crippen LogP contribution in [0, 0.1) is 12.7 Å². The Kier molecular flexibility index (Phi) is 5.36. The van der Waals surface area contributed by atoms with Gasteiger partial charge in [0.05, 0.1) is 11.8 Å². The van der Waals surface area contributed by atoms with Gasteiger partial charge in [0.25, 0.3) is 11.5 Å². The average Bonchev–Trinajstić information content (AvgIpc) is 3.60. The van der Waals surface area contributed by atoms with Crippen LogP contribution in [0.1, 0.15) is 34.5 Å². The van der Waals surface area contributed by atoms with Crippen LogP contribution in [0.15, 0.2) is 65.6 Å². The molecule has 7 nitrogen and oxygen atoms in total. The predicted octanol–water partition coefficient (Wildman–Crippen LogP) is 3.71. The zero-order valence-electron chi connectivity index (χ0n) is 18.3.